The maximum atomic E-state index is 12.6. The van der Waals surface area contributed by atoms with E-state index in [0.29, 0.717) is 12.6 Å². The molecule has 0 aliphatic heterocycles. The fourth-order valence-corrected chi connectivity index (χ4v) is 2.17. The second kappa shape index (κ2) is 5.87. The summed E-state index contributed by atoms with van der Waals surface area (Å²) in [7, 11) is 0. The van der Waals surface area contributed by atoms with E-state index in [-0.39, 0.29) is 11.6 Å². The summed E-state index contributed by atoms with van der Waals surface area (Å²) in [6, 6.07) is 2.47. The molecule has 2 rings (SSSR count). The molecule has 0 spiro atoms. The first-order valence-corrected chi connectivity index (χ1v) is 6.73. The third-order valence-electron chi connectivity index (χ3n) is 3.35. The summed E-state index contributed by atoms with van der Waals surface area (Å²) in [6.07, 6.45) is -1.98. The Morgan fingerprint density at radius 2 is 2.10 bits per heavy atom. The highest BCUT2D eigenvalue weighted by atomic mass is 19.4. The second-order valence-electron chi connectivity index (χ2n) is 4.95. The molecule has 0 saturated heterocycles. The van der Waals surface area contributed by atoms with Gasteiger partial charge in [0.2, 0.25) is 0 Å². The number of alkyl halides is 3. The molecule has 0 aromatic carbocycles. The highest BCUT2D eigenvalue weighted by molar-refractivity contribution is 5.47. The minimum Gasteiger partial charge on any atom is -0.384 e. The van der Waals surface area contributed by atoms with Crippen molar-refractivity contribution in [2.75, 3.05) is 30.7 Å². The first kappa shape index (κ1) is 14.9. The molecule has 20 heavy (non-hydrogen) atoms. The van der Waals surface area contributed by atoms with Gasteiger partial charge in [0.1, 0.15) is 11.6 Å². The average Bonchev–Trinajstić information content (AvgIpc) is 3.17. The third-order valence-corrected chi connectivity index (χ3v) is 3.35. The fourth-order valence-electron chi connectivity index (χ4n) is 2.17. The molecule has 0 atom stereocenters. The van der Waals surface area contributed by atoms with Crippen molar-refractivity contribution in [2.24, 2.45) is 0 Å². The summed E-state index contributed by atoms with van der Waals surface area (Å²) in [5.74, 6) is 0.0426. The highest BCUT2D eigenvalue weighted by Crippen LogP contribution is 2.31. The van der Waals surface area contributed by atoms with Crippen LogP contribution in [0.2, 0.25) is 0 Å². The largest absolute Gasteiger partial charge is 0.416 e. The molecule has 4 nitrogen and oxygen atoms in total. The molecule has 0 unspecified atom stereocenters. The van der Waals surface area contributed by atoms with Crippen LogP contribution in [0.25, 0.3) is 0 Å². The lowest BCUT2D eigenvalue weighted by atomic mass is 10.2. The number of likely N-dealkylation sites (N-methyl/N-ethyl adjacent to an activating group) is 1. The van der Waals surface area contributed by atoms with Crippen LogP contribution in [0, 0.1) is 0 Å². The van der Waals surface area contributed by atoms with Crippen LogP contribution in [-0.2, 0) is 6.18 Å². The van der Waals surface area contributed by atoms with Crippen LogP contribution in [0.15, 0.2) is 12.1 Å². The predicted octanol–water partition coefficient (Wildman–Crippen LogP) is 2.58. The molecular formula is C13H19F3N4. The number of nitrogen functional groups attached to an aromatic ring is 1. The molecule has 112 valence electrons. The number of hydrogen-bond donors (Lipinski definition) is 2. The van der Waals surface area contributed by atoms with Crippen LogP contribution < -0.4 is 11.1 Å². The van der Waals surface area contributed by atoms with Crippen molar-refractivity contribution in [3.05, 3.63) is 17.7 Å². The maximum absolute atomic E-state index is 12.6. The highest BCUT2D eigenvalue weighted by Gasteiger charge is 2.31. The number of halogens is 3. The lowest BCUT2D eigenvalue weighted by Gasteiger charge is -2.20. The number of nitrogens with one attached hydrogen (secondary N) is 1. The molecule has 0 bridgehead atoms. The number of rotatable bonds is 6. The summed E-state index contributed by atoms with van der Waals surface area (Å²) in [5.41, 5.74) is 4.63. The Bertz CT molecular complexity index is 457. The topological polar surface area (TPSA) is 54.2 Å². The van der Waals surface area contributed by atoms with Crippen LogP contribution in [0.3, 0.4) is 0 Å². The Morgan fingerprint density at radius 3 is 2.65 bits per heavy atom. The summed E-state index contributed by atoms with van der Waals surface area (Å²) in [6.45, 7) is 4.38. The van der Waals surface area contributed by atoms with Gasteiger partial charge in [0.15, 0.2) is 0 Å². The Labute approximate surface area is 116 Å². The van der Waals surface area contributed by atoms with Crippen molar-refractivity contribution in [1.82, 2.24) is 9.88 Å². The smallest absolute Gasteiger partial charge is 0.384 e. The number of pyridine rings is 1. The van der Waals surface area contributed by atoms with Gasteiger partial charge in [0.25, 0.3) is 0 Å². The number of nitrogens with two attached hydrogens (primary N) is 1. The number of anilines is 2. The van der Waals surface area contributed by atoms with E-state index in [0.717, 1.165) is 25.2 Å². The zero-order chi connectivity index (χ0) is 14.8. The van der Waals surface area contributed by atoms with Gasteiger partial charge in [-0.25, -0.2) is 4.98 Å². The van der Waals surface area contributed by atoms with E-state index in [4.69, 9.17) is 5.73 Å². The summed E-state index contributed by atoms with van der Waals surface area (Å²) < 4.78 is 37.9. The molecule has 3 N–H and O–H groups in total. The SMILES string of the molecule is CCN(CCNc1cc(C(F)(F)F)cc(N)n1)C1CC1. The molecule has 1 saturated carbocycles. The van der Waals surface area contributed by atoms with Crippen LogP contribution in [0.5, 0.6) is 0 Å². The van der Waals surface area contributed by atoms with Crippen molar-refractivity contribution in [1.29, 1.82) is 0 Å². The Kier molecular flexibility index (Phi) is 4.37. The van der Waals surface area contributed by atoms with Crippen LogP contribution in [0.4, 0.5) is 24.8 Å². The summed E-state index contributed by atoms with van der Waals surface area (Å²) in [4.78, 5) is 6.19. The monoisotopic (exact) mass is 288 g/mol. The van der Waals surface area contributed by atoms with E-state index in [1.165, 1.54) is 12.8 Å². The lowest BCUT2D eigenvalue weighted by Crippen LogP contribution is -2.31. The molecule has 1 aromatic rings. The van der Waals surface area contributed by atoms with E-state index in [1.54, 1.807) is 0 Å². The van der Waals surface area contributed by atoms with Crippen molar-refractivity contribution in [3.8, 4) is 0 Å². The lowest BCUT2D eigenvalue weighted by molar-refractivity contribution is -0.137. The van der Waals surface area contributed by atoms with Crippen molar-refractivity contribution < 1.29 is 13.2 Å². The summed E-state index contributed by atoms with van der Waals surface area (Å²) >= 11 is 0. The minimum atomic E-state index is -4.41. The van der Waals surface area contributed by atoms with Crippen molar-refractivity contribution in [2.45, 2.75) is 32.0 Å². The zero-order valence-corrected chi connectivity index (χ0v) is 11.4. The molecule has 1 aromatic heterocycles. The van der Waals surface area contributed by atoms with Crippen molar-refractivity contribution in [3.63, 3.8) is 0 Å². The number of hydrogen-bond acceptors (Lipinski definition) is 4. The average molecular weight is 288 g/mol. The second-order valence-corrected chi connectivity index (χ2v) is 4.95. The minimum absolute atomic E-state index is 0.128. The van der Waals surface area contributed by atoms with Gasteiger partial charge in [0.05, 0.1) is 5.56 Å². The van der Waals surface area contributed by atoms with Gasteiger partial charge < -0.3 is 11.1 Å². The predicted molar refractivity (Wildman–Crippen MR) is 72.4 cm³/mol. The van der Waals surface area contributed by atoms with E-state index in [2.05, 4.69) is 22.1 Å². The Morgan fingerprint density at radius 1 is 1.40 bits per heavy atom. The summed E-state index contributed by atoms with van der Waals surface area (Å²) in [5, 5.41) is 2.91. The number of aromatic nitrogens is 1. The van der Waals surface area contributed by atoms with Gasteiger partial charge in [-0.3, -0.25) is 4.90 Å². The molecule has 1 aliphatic rings. The molecule has 0 radical (unpaired) electrons. The van der Waals surface area contributed by atoms with Gasteiger partial charge in [-0.2, -0.15) is 13.2 Å². The van der Waals surface area contributed by atoms with Crippen LogP contribution in [0.1, 0.15) is 25.3 Å². The van der Waals surface area contributed by atoms with Gasteiger partial charge in [-0.05, 0) is 31.5 Å². The first-order chi connectivity index (χ1) is 9.40. The zero-order valence-electron chi connectivity index (χ0n) is 11.4. The van der Waals surface area contributed by atoms with Crippen LogP contribution in [-0.4, -0.2) is 35.6 Å². The molecule has 1 aliphatic carbocycles. The molecule has 0 amide bonds. The third kappa shape index (κ3) is 4.00. The molecular weight excluding hydrogens is 269 g/mol. The first-order valence-electron chi connectivity index (χ1n) is 6.73. The molecule has 1 heterocycles. The van der Waals surface area contributed by atoms with E-state index in [9.17, 15) is 13.2 Å². The number of nitrogens with zero attached hydrogens (tertiary/aromatic N) is 2. The quantitative estimate of drug-likeness (QED) is 0.845. The molecule has 7 heteroatoms. The molecule has 1 fully saturated rings. The van der Waals surface area contributed by atoms with Gasteiger partial charge in [-0.15, -0.1) is 0 Å². The van der Waals surface area contributed by atoms with E-state index >= 15 is 0 Å². The van der Waals surface area contributed by atoms with E-state index < -0.39 is 11.7 Å². The maximum Gasteiger partial charge on any atom is 0.416 e. The standard InChI is InChI=1S/C13H19F3N4/c1-2-20(10-3-4-10)6-5-18-12-8-9(13(14,15)16)7-11(17)19-12/h7-8,10H,2-6H2,1H3,(H3,17,18,19). The Hall–Kier alpha value is -1.50. The van der Waals surface area contributed by atoms with Crippen molar-refractivity contribution >= 4 is 11.6 Å². The van der Waals surface area contributed by atoms with E-state index in [1.807, 2.05) is 0 Å². The normalized spacial score (nSPS) is 15.7. The van der Waals surface area contributed by atoms with Crippen LogP contribution >= 0.6 is 0 Å². The van der Waals surface area contributed by atoms with Gasteiger partial charge in [-0.1, -0.05) is 6.92 Å². The fraction of sp³-hybridized carbons (Fsp3) is 0.615. The Balaban J connectivity index is 1.93. The van der Waals surface area contributed by atoms with Gasteiger partial charge in [0, 0.05) is 19.1 Å². The van der Waals surface area contributed by atoms with Gasteiger partial charge >= 0.3 is 6.18 Å².